The Morgan fingerprint density at radius 1 is 1.30 bits per heavy atom. The van der Waals surface area contributed by atoms with Crippen LogP contribution in [0, 0.1) is 68.3 Å². The molecule has 0 amide bonds. The van der Waals surface area contributed by atoms with E-state index in [-0.39, 0.29) is 73.5 Å². The molecule has 0 saturated heterocycles. The number of rotatable bonds is 0. The minimum absolute atomic E-state index is 0. The van der Waals surface area contributed by atoms with E-state index in [0.717, 1.165) is 0 Å². The first-order valence-corrected chi connectivity index (χ1v) is 2.04. The molecule has 0 aliphatic carbocycles. The van der Waals surface area contributed by atoms with Crippen molar-refractivity contribution >= 4 is 0 Å². The molecule has 0 saturated carbocycles. The van der Waals surface area contributed by atoms with Crippen LogP contribution >= 0.6 is 0 Å². The van der Waals surface area contributed by atoms with Crippen LogP contribution in [0.2, 0.25) is 0 Å². The fourth-order valence-corrected chi connectivity index (χ4v) is 0.384. The topological polar surface area (TPSA) is 51.7 Å². The average molecular weight is 587 g/mol. The normalized spacial score (nSPS) is 6.00. The second kappa shape index (κ2) is 10.1. The van der Waals surface area contributed by atoms with Crippen molar-refractivity contribution in [3.63, 3.8) is 0 Å². The van der Waals surface area contributed by atoms with Gasteiger partial charge in [0.05, 0.1) is 0 Å². The predicted octanol–water partition coefficient (Wildman–Crippen LogP) is 0.368. The van der Waals surface area contributed by atoms with Gasteiger partial charge in [0.1, 0.15) is 0 Å². The van der Waals surface area contributed by atoms with Crippen LogP contribution < -0.4 is 0 Å². The third-order valence-corrected chi connectivity index (χ3v) is 0.691. The van der Waals surface area contributed by atoms with Gasteiger partial charge < -0.3 is 10.6 Å². The molecule has 0 radical (unpaired) electrons. The molecule has 10 heavy (non-hydrogen) atoms. The van der Waals surface area contributed by atoms with Gasteiger partial charge in [0.2, 0.25) is 0 Å². The maximum Gasteiger partial charge on any atom is 0.00321 e. The summed E-state index contributed by atoms with van der Waals surface area (Å²) in [4.78, 5) is 0. The van der Waals surface area contributed by atoms with Crippen LogP contribution in [0.15, 0.2) is 24.3 Å². The van der Waals surface area contributed by atoms with Crippen LogP contribution in [-0.4, -0.2) is 10.6 Å². The van der Waals surface area contributed by atoms with Gasteiger partial charge in [-0.25, -0.2) is 0 Å². The van der Waals surface area contributed by atoms with Gasteiger partial charge in [-0.2, -0.15) is 18.2 Å². The summed E-state index contributed by atoms with van der Waals surface area (Å²) in [6.45, 7) is 0. The van der Waals surface area contributed by atoms with Crippen LogP contribution in [0.25, 0.3) is 0 Å². The van der Waals surface area contributed by atoms with Gasteiger partial charge in [-0.15, -0.1) is 12.1 Å². The summed E-state index contributed by atoms with van der Waals surface area (Å²) in [5, 5.41) is 8.60. The van der Waals surface area contributed by atoms with Crippen molar-refractivity contribution in [2.24, 2.45) is 0 Å². The first-order chi connectivity index (χ1) is 3.39. The van der Waals surface area contributed by atoms with E-state index in [4.69, 9.17) is 5.11 Å². The number of phenols is 1. The van der Waals surface area contributed by atoms with Gasteiger partial charge in [-0.1, -0.05) is 0 Å². The summed E-state index contributed by atoms with van der Waals surface area (Å²) >= 11 is 0. The molecule has 0 bridgehead atoms. The number of benzene rings is 1. The summed E-state index contributed by atoms with van der Waals surface area (Å²) in [7, 11) is 0. The molecular weight excluding hydrogens is 580 g/mol. The molecule has 0 spiro atoms. The number of aromatic hydroxyl groups is 1. The summed E-state index contributed by atoms with van der Waals surface area (Å²) in [6.07, 6.45) is 0. The Bertz CT molecular complexity index is 144. The molecule has 52 valence electrons. The Labute approximate surface area is 107 Å². The van der Waals surface area contributed by atoms with Crippen LogP contribution in [0.5, 0.6) is 5.75 Å². The molecule has 0 aromatic heterocycles. The minimum atomic E-state index is 0. The standard InChI is InChI=1S/C6H5O.H2O.2U/c7-6-4-2-1-3-5-6;;;/h1-2,4-5,7H;1H2;;/q-1;;;. The van der Waals surface area contributed by atoms with Crippen LogP contribution in [0.1, 0.15) is 0 Å². The van der Waals surface area contributed by atoms with Gasteiger partial charge in [0, 0.05) is 68.0 Å². The molecule has 0 aliphatic heterocycles. The second-order valence-corrected chi connectivity index (χ2v) is 1.26. The van der Waals surface area contributed by atoms with Gasteiger partial charge in [0.25, 0.3) is 0 Å². The minimum Gasteiger partial charge on any atom is -0.566 e. The second-order valence-electron chi connectivity index (χ2n) is 1.26. The first kappa shape index (κ1) is 17.2. The van der Waals surface area contributed by atoms with E-state index >= 15 is 0 Å². The molecular formula is C6H7O2U2-. The predicted molar refractivity (Wildman–Crippen MR) is 30.6 cm³/mol. The van der Waals surface area contributed by atoms with Gasteiger partial charge >= 0.3 is 0 Å². The van der Waals surface area contributed by atoms with Crippen molar-refractivity contribution in [3.05, 3.63) is 30.3 Å². The van der Waals surface area contributed by atoms with Crippen molar-refractivity contribution in [2.45, 2.75) is 0 Å². The monoisotopic (exact) mass is 587 g/mol. The molecule has 1 aromatic carbocycles. The van der Waals surface area contributed by atoms with Gasteiger partial charge in [0.15, 0.2) is 0 Å². The van der Waals surface area contributed by atoms with Crippen LogP contribution in [0.4, 0.5) is 0 Å². The number of phenolic OH excluding ortho intramolecular Hbond substituents is 1. The first-order valence-electron chi connectivity index (χ1n) is 2.04. The molecule has 0 unspecified atom stereocenters. The van der Waals surface area contributed by atoms with E-state index in [0.29, 0.717) is 0 Å². The number of hydrogen-bond acceptors (Lipinski definition) is 1. The maximum absolute atomic E-state index is 8.60. The molecule has 2 nitrogen and oxygen atoms in total. The maximum atomic E-state index is 8.60. The third-order valence-electron chi connectivity index (χ3n) is 0.691. The quantitative estimate of drug-likeness (QED) is 0.439. The molecule has 0 atom stereocenters. The Balaban J connectivity index is -0.000000163. The van der Waals surface area contributed by atoms with Crippen LogP contribution in [-0.2, 0) is 0 Å². The zero-order valence-electron chi connectivity index (χ0n) is 5.26. The van der Waals surface area contributed by atoms with Crippen molar-refractivity contribution in [3.8, 4) is 5.75 Å². The number of hydrogen-bond donors (Lipinski definition) is 1. The summed E-state index contributed by atoms with van der Waals surface area (Å²) in [5.74, 6) is 0.266. The van der Waals surface area contributed by atoms with E-state index < -0.39 is 0 Å². The van der Waals surface area contributed by atoms with Gasteiger partial charge in [-0.3, -0.25) is 0 Å². The van der Waals surface area contributed by atoms with Crippen molar-refractivity contribution in [1.29, 1.82) is 0 Å². The Kier molecular flexibility index (Phi) is 17.4. The smallest absolute Gasteiger partial charge is 0.00321 e. The van der Waals surface area contributed by atoms with Gasteiger partial charge in [-0.05, 0) is 0 Å². The zero-order valence-corrected chi connectivity index (χ0v) is 13.6. The summed E-state index contributed by atoms with van der Waals surface area (Å²) < 4.78 is 0. The summed E-state index contributed by atoms with van der Waals surface area (Å²) in [6, 6.07) is 9.30. The van der Waals surface area contributed by atoms with Crippen molar-refractivity contribution in [1.82, 2.24) is 0 Å². The van der Waals surface area contributed by atoms with E-state index in [1.807, 2.05) is 0 Å². The SMILES string of the molecule is O.Oc1c[c-]ccc1.[U].[U]. The molecule has 0 heterocycles. The van der Waals surface area contributed by atoms with Crippen molar-refractivity contribution < 1.29 is 72.8 Å². The van der Waals surface area contributed by atoms with Crippen LogP contribution in [0.3, 0.4) is 0 Å². The van der Waals surface area contributed by atoms with E-state index in [1.54, 1.807) is 18.2 Å². The third kappa shape index (κ3) is 7.19. The fourth-order valence-electron chi connectivity index (χ4n) is 0.384. The fraction of sp³-hybridized carbons (Fsp3) is 0. The molecule has 1 rings (SSSR count). The Morgan fingerprint density at radius 2 is 1.90 bits per heavy atom. The molecule has 1 aromatic rings. The average Bonchev–Trinajstić information content (AvgIpc) is 1.69. The summed E-state index contributed by atoms with van der Waals surface area (Å²) in [5.41, 5.74) is 0. The zero-order chi connectivity index (χ0) is 5.11. The van der Waals surface area contributed by atoms with E-state index in [1.165, 1.54) is 6.07 Å². The molecule has 0 fully saturated rings. The molecule has 4 heteroatoms. The van der Waals surface area contributed by atoms with E-state index in [9.17, 15) is 0 Å². The Hall–Kier alpha value is 1.08. The van der Waals surface area contributed by atoms with E-state index in [2.05, 4.69) is 6.07 Å². The molecule has 3 N–H and O–H groups in total. The molecule has 0 aliphatic rings. The van der Waals surface area contributed by atoms with Crippen molar-refractivity contribution in [2.75, 3.05) is 0 Å². The Morgan fingerprint density at radius 3 is 2.10 bits per heavy atom. The largest absolute Gasteiger partial charge is 0.566 e.